The summed E-state index contributed by atoms with van der Waals surface area (Å²) in [6, 6.07) is 14.8. The Labute approximate surface area is 159 Å². The number of para-hydroxylation sites is 1. The summed E-state index contributed by atoms with van der Waals surface area (Å²) in [5.41, 5.74) is 4.34. The van der Waals surface area contributed by atoms with Crippen LogP contribution in [0.25, 0.3) is 0 Å². The van der Waals surface area contributed by atoms with Crippen LogP contribution in [0.4, 0.5) is 5.69 Å². The first kappa shape index (κ1) is 18.7. The Morgan fingerprint density at radius 2 is 1.89 bits per heavy atom. The molecule has 0 spiro atoms. The number of hydrogen-bond donors (Lipinski definition) is 1. The van der Waals surface area contributed by atoms with E-state index in [1.165, 1.54) is 30.9 Å². The van der Waals surface area contributed by atoms with Crippen LogP contribution >= 0.6 is 0 Å². The van der Waals surface area contributed by atoms with Gasteiger partial charge in [-0.25, -0.2) is 0 Å². The molecule has 0 saturated carbocycles. The molecule has 3 rings (SSSR count). The summed E-state index contributed by atoms with van der Waals surface area (Å²) in [7, 11) is 0. The van der Waals surface area contributed by atoms with Crippen LogP contribution < -0.4 is 5.32 Å². The van der Waals surface area contributed by atoms with Gasteiger partial charge in [0.05, 0.1) is 17.7 Å². The molecule has 0 bridgehead atoms. The van der Waals surface area contributed by atoms with Crippen molar-refractivity contribution in [3.63, 3.8) is 0 Å². The predicted octanol–water partition coefficient (Wildman–Crippen LogP) is 3.55. The maximum Gasteiger partial charge on any atom is 0.311 e. The van der Waals surface area contributed by atoms with E-state index in [1.54, 1.807) is 24.3 Å². The summed E-state index contributed by atoms with van der Waals surface area (Å²) in [4.78, 5) is 24.5. The molecule has 138 valence electrons. The van der Waals surface area contributed by atoms with Crippen LogP contribution in [0.15, 0.2) is 42.5 Å². The Kier molecular flexibility index (Phi) is 5.87. The predicted molar refractivity (Wildman–Crippen MR) is 102 cm³/mol. The van der Waals surface area contributed by atoms with Gasteiger partial charge in [-0.15, -0.1) is 0 Å². The van der Waals surface area contributed by atoms with Crippen molar-refractivity contribution in [2.75, 3.05) is 5.32 Å². The van der Waals surface area contributed by atoms with Gasteiger partial charge < -0.3 is 10.1 Å². The van der Waals surface area contributed by atoms with E-state index >= 15 is 0 Å². The second kappa shape index (κ2) is 8.50. The second-order valence-corrected chi connectivity index (χ2v) is 6.77. The molecular weight excluding hydrogens is 340 g/mol. The lowest BCUT2D eigenvalue weighted by atomic mass is 9.90. The quantitative estimate of drug-likeness (QED) is 0.825. The molecule has 1 aliphatic carbocycles. The summed E-state index contributed by atoms with van der Waals surface area (Å²) < 4.78 is 5.27. The van der Waals surface area contributed by atoms with Gasteiger partial charge in [0, 0.05) is 0 Å². The van der Waals surface area contributed by atoms with Crippen LogP contribution in [-0.4, -0.2) is 18.0 Å². The summed E-state index contributed by atoms with van der Waals surface area (Å²) >= 11 is 0. The monoisotopic (exact) mass is 362 g/mol. The Hall–Kier alpha value is -3.13. The molecule has 27 heavy (non-hydrogen) atoms. The van der Waals surface area contributed by atoms with E-state index in [1.807, 2.05) is 12.1 Å². The molecule has 0 fully saturated rings. The lowest BCUT2D eigenvalue weighted by Gasteiger charge is -2.17. The molecule has 1 N–H and O–H groups in total. The van der Waals surface area contributed by atoms with E-state index in [2.05, 4.69) is 17.4 Å². The van der Waals surface area contributed by atoms with E-state index in [0.717, 1.165) is 18.4 Å². The van der Waals surface area contributed by atoms with Crippen LogP contribution in [-0.2, 0) is 33.6 Å². The number of nitrogens with zero attached hydrogens (tertiary/aromatic N) is 1. The van der Waals surface area contributed by atoms with Crippen LogP contribution in [0.2, 0.25) is 0 Å². The number of nitrogens with one attached hydrogen (secondary N) is 1. The van der Waals surface area contributed by atoms with Gasteiger partial charge in [-0.1, -0.05) is 30.3 Å². The summed E-state index contributed by atoms with van der Waals surface area (Å²) in [6.45, 7) is 1.52. The van der Waals surface area contributed by atoms with E-state index in [4.69, 9.17) is 10.00 Å². The number of nitriles is 1. The molecule has 0 radical (unpaired) electrons. The first-order chi connectivity index (χ1) is 13.1. The normalized spacial score (nSPS) is 13.8. The Morgan fingerprint density at radius 1 is 1.15 bits per heavy atom. The first-order valence-corrected chi connectivity index (χ1v) is 9.17. The van der Waals surface area contributed by atoms with Crippen LogP contribution in [0.5, 0.6) is 0 Å². The molecule has 2 aromatic carbocycles. The highest BCUT2D eigenvalue weighted by Crippen LogP contribution is 2.22. The van der Waals surface area contributed by atoms with E-state index in [0.29, 0.717) is 11.3 Å². The van der Waals surface area contributed by atoms with Crippen molar-refractivity contribution in [1.82, 2.24) is 0 Å². The van der Waals surface area contributed by atoms with Crippen molar-refractivity contribution in [1.29, 1.82) is 5.26 Å². The van der Waals surface area contributed by atoms with Crippen molar-refractivity contribution in [2.45, 2.75) is 45.1 Å². The number of carbonyl (C=O) groups is 2. The molecule has 0 unspecified atom stereocenters. The standard InChI is InChI=1S/C22H22N2O3/c1-15(22(26)24-20-9-5-4-8-19(20)14-23)27-21(25)13-16-10-11-17-6-2-3-7-18(17)12-16/h4-5,8-12,15H,2-3,6-7,13H2,1H3,(H,24,26)/t15-/m1/s1. The lowest BCUT2D eigenvalue weighted by molar-refractivity contribution is -0.152. The zero-order chi connectivity index (χ0) is 19.2. The van der Waals surface area contributed by atoms with Crippen molar-refractivity contribution in [3.05, 3.63) is 64.7 Å². The maximum atomic E-state index is 12.3. The molecule has 5 nitrogen and oxygen atoms in total. The molecule has 0 aromatic heterocycles. The van der Waals surface area contributed by atoms with Crippen molar-refractivity contribution in [2.24, 2.45) is 0 Å². The number of esters is 1. The zero-order valence-electron chi connectivity index (χ0n) is 15.3. The fourth-order valence-corrected chi connectivity index (χ4v) is 3.28. The van der Waals surface area contributed by atoms with Crippen molar-refractivity contribution >= 4 is 17.6 Å². The van der Waals surface area contributed by atoms with Gasteiger partial charge >= 0.3 is 5.97 Å². The van der Waals surface area contributed by atoms with Gasteiger partial charge in [0.2, 0.25) is 0 Å². The highest BCUT2D eigenvalue weighted by atomic mass is 16.5. The highest BCUT2D eigenvalue weighted by Gasteiger charge is 2.19. The Bertz CT molecular complexity index is 899. The van der Waals surface area contributed by atoms with Gasteiger partial charge in [-0.3, -0.25) is 9.59 Å². The minimum absolute atomic E-state index is 0.139. The topological polar surface area (TPSA) is 79.2 Å². The fraction of sp³-hybridized carbons (Fsp3) is 0.318. The third-order valence-corrected chi connectivity index (χ3v) is 4.74. The SMILES string of the molecule is C[C@@H](OC(=O)Cc1ccc2c(c1)CCCC2)C(=O)Nc1ccccc1C#N. The highest BCUT2D eigenvalue weighted by molar-refractivity contribution is 5.96. The average molecular weight is 362 g/mol. The van der Waals surface area contributed by atoms with E-state index in [-0.39, 0.29) is 6.42 Å². The Morgan fingerprint density at radius 3 is 2.67 bits per heavy atom. The number of amides is 1. The molecule has 1 atom stereocenters. The third-order valence-electron chi connectivity index (χ3n) is 4.74. The average Bonchev–Trinajstić information content (AvgIpc) is 2.68. The van der Waals surface area contributed by atoms with Gasteiger partial charge in [0.15, 0.2) is 6.10 Å². The second-order valence-electron chi connectivity index (χ2n) is 6.77. The number of hydrogen-bond acceptors (Lipinski definition) is 4. The molecular formula is C22H22N2O3. The molecule has 1 amide bonds. The molecule has 2 aromatic rings. The molecule has 1 aliphatic rings. The summed E-state index contributed by atoms with van der Waals surface area (Å²) in [5, 5.41) is 11.7. The summed E-state index contributed by atoms with van der Waals surface area (Å²) in [5.74, 6) is -0.904. The largest absolute Gasteiger partial charge is 0.452 e. The fourth-order valence-electron chi connectivity index (χ4n) is 3.28. The molecule has 0 aliphatic heterocycles. The van der Waals surface area contributed by atoms with E-state index in [9.17, 15) is 9.59 Å². The van der Waals surface area contributed by atoms with Gasteiger partial charge in [0.1, 0.15) is 6.07 Å². The van der Waals surface area contributed by atoms with Crippen molar-refractivity contribution in [3.8, 4) is 6.07 Å². The third kappa shape index (κ3) is 4.73. The van der Waals surface area contributed by atoms with Gasteiger partial charge in [-0.05, 0) is 61.4 Å². The number of carbonyl (C=O) groups excluding carboxylic acids is 2. The molecule has 0 heterocycles. The number of ether oxygens (including phenoxy) is 1. The summed E-state index contributed by atoms with van der Waals surface area (Å²) in [6.07, 6.45) is 3.75. The minimum atomic E-state index is -0.943. The molecule has 5 heteroatoms. The van der Waals surface area contributed by atoms with Crippen LogP contribution in [0.3, 0.4) is 0 Å². The number of aryl methyl sites for hydroxylation is 2. The minimum Gasteiger partial charge on any atom is -0.452 e. The van der Waals surface area contributed by atoms with Crippen LogP contribution in [0.1, 0.15) is 42.0 Å². The first-order valence-electron chi connectivity index (χ1n) is 9.17. The lowest BCUT2D eigenvalue weighted by Crippen LogP contribution is -2.30. The molecule has 0 saturated heterocycles. The van der Waals surface area contributed by atoms with Gasteiger partial charge in [-0.2, -0.15) is 5.26 Å². The maximum absolute atomic E-state index is 12.3. The zero-order valence-corrected chi connectivity index (χ0v) is 15.3. The number of rotatable bonds is 5. The Balaban J connectivity index is 1.57. The van der Waals surface area contributed by atoms with Crippen LogP contribution in [0, 0.1) is 11.3 Å². The van der Waals surface area contributed by atoms with Crippen molar-refractivity contribution < 1.29 is 14.3 Å². The van der Waals surface area contributed by atoms with Gasteiger partial charge in [0.25, 0.3) is 5.91 Å². The smallest absolute Gasteiger partial charge is 0.311 e. The number of anilines is 1. The number of fused-ring (bicyclic) bond motifs is 1. The number of benzene rings is 2. The van der Waals surface area contributed by atoms with E-state index < -0.39 is 18.0 Å².